The molecule has 0 saturated carbocycles. The van der Waals surface area contributed by atoms with Crippen molar-refractivity contribution in [3.63, 3.8) is 0 Å². The summed E-state index contributed by atoms with van der Waals surface area (Å²) in [6, 6.07) is 17.3. The molecule has 0 unspecified atom stereocenters. The van der Waals surface area contributed by atoms with Crippen molar-refractivity contribution in [2.45, 2.75) is 81.7 Å². The highest BCUT2D eigenvalue weighted by Crippen LogP contribution is 2.41. The minimum absolute atomic E-state index is 0.125. The molecule has 4 aliphatic rings. The summed E-state index contributed by atoms with van der Waals surface area (Å²) < 4.78 is 13.3. The van der Waals surface area contributed by atoms with Crippen LogP contribution in [0.3, 0.4) is 0 Å². The molecule has 4 saturated heterocycles. The average molecular weight is 914 g/mol. The van der Waals surface area contributed by atoms with E-state index in [2.05, 4.69) is 19.6 Å². The second-order valence-electron chi connectivity index (χ2n) is 16.6. The van der Waals surface area contributed by atoms with Gasteiger partial charge in [0.05, 0.1) is 40.6 Å². The van der Waals surface area contributed by atoms with Crippen LogP contribution in [-0.4, -0.2) is 115 Å². The number of likely N-dealkylation sites (tertiary alicyclic amines) is 2. The Morgan fingerprint density at radius 1 is 0.683 bits per heavy atom. The normalized spacial score (nSPS) is 19.5. The number of aromatic nitrogens is 2. The third-order valence-corrected chi connectivity index (χ3v) is 15.9. The summed E-state index contributed by atoms with van der Waals surface area (Å²) in [6.07, 6.45) is 11.5. The lowest BCUT2D eigenvalue weighted by atomic mass is 9.83. The number of halogens is 3. The molecule has 9 rings (SSSR count). The van der Waals surface area contributed by atoms with E-state index in [1.54, 1.807) is 28.7 Å². The number of esters is 1. The molecule has 6 heterocycles. The Balaban J connectivity index is 0.000000180. The summed E-state index contributed by atoms with van der Waals surface area (Å²) in [5.41, 5.74) is 3.16. The van der Waals surface area contributed by atoms with E-state index < -0.39 is 0 Å². The molecule has 2 aromatic heterocycles. The first kappa shape index (κ1) is 43.7. The third-order valence-electron chi connectivity index (χ3n) is 13.1. The molecule has 0 atom stereocenters. The zero-order valence-electron chi connectivity index (χ0n) is 34.4. The van der Waals surface area contributed by atoms with Gasteiger partial charge in [-0.1, -0.05) is 57.5 Å². The molecule has 10 nitrogen and oxygen atoms in total. The lowest BCUT2D eigenvalue weighted by molar-refractivity contribution is -0.139. The molecule has 0 radical (unpaired) electrons. The van der Waals surface area contributed by atoms with Crippen molar-refractivity contribution in [2.75, 3.05) is 82.5 Å². The number of hydrogen-bond donors (Lipinski definition) is 1. The van der Waals surface area contributed by atoms with Crippen molar-refractivity contribution in [3.05, 3.63) is 75.2 Å². The molecule has 3 aromatic carbocycles. The highest BCUT2D eigenvalue weighted by atomic mass is 35.5. The van der Waals surface area contributed by atoms with Crippen LogP contribution in [0.15, 0.2) is 54.6 Å². The van der Waals surface area contributed by atoms with Crippen LogP contribution >= 0.6 is 57.5 Å². The van der Waals surface area contributed by atoms with E-state index in [0.29, 0.717) is 17.4 Å². The van der Waals surface area contributed by atoms with Crippen LogP contribution in [0.5, 0.6) is 5.75 Å². The number of benzene rings is 3. The van der Waals surface area contributed by atoms with Gasteiger partial charge in [-0.15, -0.1) is 0 Å². The van der Waals surface area contributed by atoms with E-state index in [1.807, 2.05) is 48.5 Å². The SMILES string of the molecule is COC(=O)Cc1cc(Cl)cc(OCCC2(N3CCCC3)CCN(c3nc4ccc(Cl)cc4s3)CC2)c1.OCCC1(N2CCCC2)CCN(c2nc3ccc(Cl)cc3s2)CC1. The van der Waals surface area contributed by atoms with Crippen molar-refractivity contribution in [1.29, 1.82) is 0 Å². The van der Waals surface area contributed by atoms with Gasteiger partial charge in [0, 0.05) is 58.9 Å². The predicted octanol–water partition coefficient (Wildman–Crippen LogP) is 9.99. The topological polar surface area (TPSA) is 94.5 Å². The number of methoxy groups -OCH3 is 1. The van der Waals surface area contributed by atoms with Crippen LogP contribution in [0.1, 0.15) is 69.8 Å². The van der Waals surface area contributed by atoms with Gasteiger partial charge in [0.15, 0.2) is 10.3 Å². The molecular weight excluding hydrogens is 859 g/mol. The largest absolute Gasteiger partial charge is 0.493 e. The fourth-order valence-electron chi connectivity index (χ4n) is 9.72. The first-order chi connectivity index (χ1) is 29.1. The number of anilines is 2. The Kier molecular flexibility index (Phi) is 14.3. The second kappa shape index (κ2) is 19.6. The van der Waals surface area contributed by atoms with Crippen molar-refractivity contribution in [2.24, 2.45) is 0 Å². The van der Waals surface area contributed by atoms with Crippen molar-refractivity contribution < 1.29 is 19.4 Å². The quantitative estimate of drug-likeness (QED) is 0.122. The minimum Gasteiger partial charge on any atom is -0.493 e. The number of carbonyl (C=O) groups excluding carboxylic acids is 1. The fourth-order valence-corrected chi connectivity index (χ4v) is 12.5. The van der Waals surface area contributed by atoms with E-state index in [9.17, 15) is 9.90 Å². The van der Waals surface area contributed by atoms with Crippen LogP contribution < -0.4 is 14.5 Å². The number of nitrogens with zero attached hydrogens (tertiary/aromatic N) is 6. The lowest BCUT2D eigenvalue weighted by Gasteiger charge is -2.47. The number of carbonyl (C=O) groups is 1. The highest BCUT2D eigenvalue weighted by molar-refractivity contribution is 7.22. The standard InChI is InChI=1S/C27H31Cl2N3O3S.C18H24ClN3OS/c1-34-25(33)16-19-14-21(29)17-22(15-19)35-13-8-27(32-9-2-3-10-32)6-11-31(12-7-27)26-30-23-5-4-20(28)18-24(23)36-26;19-14-3-4-15-16(13-14)24-17(20-15)21-10-5-18(6-11-21,7-12-23)22-8-1-2-9-22/h4-5,14-15,17-18H,2-3,6-13,16H2,1H3;3-4,13,23H,1-2,5-12H2. The molecule has 4 aliphatic heterocycles. The highest BCUT2D eigenvalue weighted by Gasteiger charge is 2.42. The van der Waals surface area contributed by atoms with Gasteiger partial charge in [0.25, 0.3) is 0 Å². The maximum atomic E-state index is 11.7. The molecule has 15 heteroatoms. The van der Waals surface area contributed by atoms with Crippen LogP contribution in [-0.2, 0) is 16.0 Å². The number of rotatable bonds is 12. The molecule has 1 N–H and O–H groups in total. The number of hydrogen-bond acceptors (Lipinski definition) is 12. The Labute approximate surface area is 376 Å². The summed E-state index contributed by atoms with van der Waals surface area (Å²) in [7, 11) is 1.39. The number of thiazole rings is 2. The molecule has 5 aromatic rings. The van der Waals surface area contributed by atoms with E-state index in [-0.39, 0.29) is 30.1 Å². The fraction of sp³-hybridized carbons (Fsp3) is 0.533. The number of aliphatic hydroxyl groups is 1. The van der Waals surface area contributed by atoms with Gasteiger partial charge in [0.1, 0.15) is 5.75 Å². The molecule has 0 bridgehead atoms. The first-order valence-corrected chi connectivity index (χ1v) is 24.1. The van der Waals surface area contributed by atoms with Crippen LogP contribution in [0, 0.1) is 0 Å². The van der Waals surface area contributed by atoms with Crippen molar-refractivity contribution in [3.8, 4) is 5.75 Å². The van der Waals surface area contributed by atoms with Gasteiger partial charge >= 0.3 is 5.97 Å². The zero-order valence-corrected chi connectivity index (χ0v) is 38.3. The first-order valence-electron chi connectivity index (χ1n) is 21.4. The van der Waals surface area contributed by atoms with Gasteiger partial charge in [-0.2, -0.15) is 0 Å². The van der Waals surface area contributed by atoms with Crippen LogP contribution in [0.4, 0.5) is 10.3 Å². The van der Waals surface area contributed by atoms with Gasteiger partial charge in [-0.05, 0) is 151 Å². The second-order valence-corrected chi connectivity index (χ2v) is 20.0. The average Bonchev–Trinajstić information content (AvgIpc) is 4.09. The molecular formula is C45H55Cl3N6O4S2. The van der Waals surface area contributed by atoms with Crippen LogP contribution in [0.2, 0.25) is 15.1 Å². The van der Waals surface area contributed by atoms with Gasteiger partial charge in [-0.3, -0.25) is 14.6 Å². The third kappa shape index (κ3) is 10.1. The Hall–Kier alpha value is -2.94. The van der Waals surface area contributed by atoms with Crippen molar-refractivity contribution in [1.82, 2.24) is 19.8 Å². The monoisotopic (exact) mass is 912 g/mol. The van der Waals surface area contributed by atoms with E-state index >= 15 is 0 Å². The van der Waals surface area contributed by atoms with Crippen molar-refractivity contribution >= 4 is 94.1 Å². The molecule has 0 spiro atoms. The summed E-state index contributed by atoms with van der Waals surface area (Å²) in [5, 5.41) is 13.9. The minimum atomic E-state index is -0.292. The van der Waals surface area contributed by atoms with Gasteiger partial charge in [-0.25, -0.2) is 9.97 Å². The lowest BCUT2D eigenvalue weighted by Crippen LogP contribution is -2.55. The summed E-state index contributed by atoms with van der Waals surface area (Å²) in [6.45, 7) is 9.58. The number of ether oxygens (including phenoxy) is 2. The van der Waals surface area contributed by atoms with E-state index in [4.69, 9.17) is 54.2 Å². The molecule has 4 fully saturated rings. The van der Waals surface area contributed by atoms with E-state index in [0.717, 1.165) is 124 Å². The smallest absolute Gasteiger partial charge is 0.309 e. The molecule has 60 heavy (non-hydrogen) atoms. The van der Waals surface area contributed by atoms with E-state index in [1.165, 1.54) is 45.9 Å². The maximum absolute atomic E-state index is 11.7. The molecule has 322 valence electrons. The number of piperidine rings is 2. The predicted molar refractivity (Wildman–Crippen MR) is 248 cm³/mol. The molecule has 0 aliphatic carbocycles. The summed E-state index contributed by atoms with van der Waals surface area (Å²) in [4.78, 5) is 31.5. The number of aliphatic hydroxyl groups excluding tert-OH is 1. The number of fused-ring (bicyclic) bond motifs is 2. The summed E-state index contributed by atoms with van der Waals surface area (Å²) in [5.74, 6) is 0.405. The maximum Gasteiger partial charge on any atom is 0.309 e. The zero-order chi connectivity index (χ0) is 41.7. The van der Waals surface area contributed by atoms with Gasteiger partial charge < -0.3 is 24.4 Å². The van der Waals surface area contributed by atoms with Crippen LogP contribution in [0.25, 0.3) is 20.4 Å². The Bertz CT molecular complexity index is 2230. The van der Waals surface area contributed by atoms with Gasteiger partial charge in [0.2, 0.25) is 0 Å². The molecule has 0 amide bonds. The Morgan fingerprint density at radius 2 is 1.18 bits per heavy atom. The summed E-state index contributed by atoms with van der Waals surface area (Å²) >= 11 is 22.0. The Morgan fingerprint density at radius 3 is 1.67 bits per heavy atom.